The van der Waals surface area contributed by atoms with E-state index in [4.69, 9.17) is 4.52 Å². The van der Waals surface area contributed by atoms with Gasteiger partial charge in [-0.2, -0.15) is 13.2 Å². The molecule has 0 radical (unpaired) electrons. The monoisotopic (exact) mass is 450 g/mol. The summed E-state index contributed by atoms with van der Waals surface area (Å²) in [7, 11) is 0. The predicted molar refractivity (Wildman–Crippen MR) is 115 cm³/mol. The molecular formula is C24H17F3N4O2. The molecule has 3 aromatic carbocycles. The van der Waals surface area contributed by atoms with E-state index in [0.29, 0.717) is 16.8 Å². The summed E-state index contributed by atoms with van der Waals surface area (Å²) < 4.78 is 44.4. The number of rotatable bonds is 5. The van der Waals surface area contributed by atoms with Crippen LogP contribution in [0.3, 0.4) is 0 Å². The zero-order valence-corrected chi connectivity index (χ0v) is 17.1. The molecule has 0 spiro atoms. The molecule has 33 heavy (non-hydrogen) atoms. The maximum absolute atomic E-state index is 13.0. The second-order valence-electron chi connectivity index (χ2n) is 7.57. The summed E-state index contributed by atoms with van der Waals surface area (Å²) in [5.74, 6) is -1.36. The average molecular weight is 450 g/mol. The Morgan fingerprint density at radius 3 is 2.55 bits per heavy atom. The molecule has 0 saturated carbocycles. The summed E-state index contributed by atoms with van der Waals surface area (Å²) >= 11 is 0. The maximum Gasteiger partial charge on any atom is 0.449 e. The summed E-state index contributed by atoms with van der Waals surface area (Å²) in [6.45, 7) is 0. The molecule has 2 heterocycles. The van der Waals surface area contributed by atoms with Crippen LogP contribution >= 0.6 is 0 Å². The molecule has 1 amide bonds. The van der Waals surface area contributed by atoms with E-state index >= 15 is 0 Å². The fourth-order valence-electron chi connectivity index (χ4n) is 3.78. The van der Waals surface area contributed by atoms with Crippen molar-refractivity contribution < 1.29 is 22.5 Å². The van der Waals surface area contributed by atoms with Crippen molar-refractivity contribution in [3.05, 3.63) is 95.4 Å². The summed E-state index contributed by atoms with van der Waals surface area (Å²) in [4.78, 5) is 18.9. The van der Waals surface area contributed by atoms with Crippen LogP contribution in [0, 0.1) is 0 Å². The Morgan fingerprint density at radius 1 is 1.00 bits per heavy atom. The van der Waals surface area contributed by atoms with Gasteiger partial charge < -0.3 is 14.8 Å². The lowest BCUT2D eigenvalue weighted by atomic mass is 9.98. The summed E-state index contributed by atoms with van der Waals surface area (Å²) in [6, 6.07) is 20.6. The Morgan fingerprint density at radius 2 is 1.76 bits per heavy atom. The molecule has 2 N–H and O–H groups in total. The fourth-order valence-corrected chi connectivity index (χ4v) is 3.78. The van der Waals surface area contributed by atoms with E-state index in [1.807, 2.05) is 48.5 Å². The number of H-pyrrole nitrogens is 1. The average Bonchev–Trinajstić information content (AvgIpc) is 3.42. The molecular weight excluding hydrogens is 433 g/mol. The number of amides is 1. The number of carbonyl (C=O) groups is 1. The first kappa shape index (κ1) is 20.7. The van der Waals surface area contributed by atoms with Gasteiger partial charge in [-0.1, -0.05) is 53.7 Å². The van der Waals surface area contributed by atoms with E-state index in [9.17, 15) is 18.0 Å². The number of hydrogen-bond acceptors (Lipinski definition) is 4. The van der Waals surface area contributed by atoms with E-state index < -0.39 is 18.0 Å². The predicted octanol–water partition coefficient (Wildman–Crippen LogP) is 5.17. The Kier molecular flexibility index (Phi) is 5.08. The van der Waals surface area contributed by atoms with E-state index in [-0.39, 0.29) is 23.4 Å². The van der Waals surface area contributed by atoms with Crippen molar-refractivity contribution in [2.75, 3.05) is 0 Å². The van der Waals surface area contributed by atoms with Gasteiger partial charge in [0.25, 0.3) is 0 Å². The van der Waals surface area contributed by atoms with Crippen LogP contribution in [0.4, 0.5) is 13.2 Å². The molecule has 6 nitrogen and oxygen atoms in total. The van der Waals surface area contributed by atoms with Gasteiger partial charge in [-0.25, -0.2) is 4.98 Å². The molecule has 2 aromatic heterocycles. The van der Waals surface area contributed by atoms with Crippen molar-refractivity contribution in [3.63, 3.8) is 0 Å². The SMILES string of the molecule is O=C(Cc1noc2ccccc12)N[C@@H](c1ccccc1)c1ccc2nc(C(F)(F)F)[nH]c2c1. The number of benzene rings is 3. The minimum Gasteiger partial charge on any atom is -0.356 e. The number of hydrogen-bond donors (Lipinski definition) is 2. The number of alkyl halides is 3. The number of fused-ring (bicyclic) bond motifs is 2. The van der Waals surface area contributed by atoms with Crippen molar-refractivity contribution >= 4 is 27.9 Å². The molecule has 0 aliphatic carbocycles. The molecule has 9 heteroatoms. The van der Waals surface area contributed by atoms with Gasteiger partial charge in [0.05, 0.1) is 23.5 Å². The minimum atomic E-state index is -4.58. The number of nitrogens with zero attached hydrogens (tertiary/aromatic N) is 2. The molecule has 5 aromatic rings. The number of carbonyl (C=O) groups excluding carboxylic acids is 1. The zero-order valence-electron chi connectivity index (χ0n) is 17.1. The maximum atomic E-state index is 13.0. The number of aromatic nitrogens is 3. The Balaban J connectivity index is 1.47. The number of para-hydroxylation sites is 1. The minimum absolute atomic E-state index is 0.00906. The van der Waals surface area contributed by atoms with Gasteiger partial charge >= 0.3 is 6.18 Å². The van der Waals surface area contributed by atoms with Crippen LogP contribution in [0.5, 0.6) is 0 Å². The first-order valence-electron chi connectivity index (χ1n) is 10.1. The summed E-state index contributed by atoms with van der Waals surface area (Å²) in [6.07, 6.45) is -4.59. The lowest BCUT2D eigenvalue weighted by molar-refractivity contribution is -0.144. The highest BCUT2D eigenvalue weighted by molar-refractivity contribution is 5.86. The van der Waals surface area contributed by atoms with Crippen LogP contribution in [-0.2, 0) is 17.4 Å². The molecule has 0 aliphatic heterocycles. The standard InChI is InChI=1S/C24H17F3N4O2/c25-24(26,27)23-28-17-11-10-15(12-19(17)29-23)22(14-6-2-1-3-7-14)30-21(32)13-18-16-8-4-5-9-20(16)33-31-18/h1-12,22H,13H2,(H,28,29)(H,30,32)/t22-/m0/s1. The Hall–Kier alpha value is -4.14. The summed E-state index contributed by atoms with van der Waals surface area (Å²) in [5, 5.41) is 7.73. The quantitative estimate of drug-likeness (QED) is 0.387. The van der Waals surface area contributed by atoms with Gasteiger partial charge in [0.2, 0.25) is 11.7 Å². The molecule has 166 valence electrons. The van der Waals surface area contributed by atoms with E-state index in [1.54, 1.807) is 18.2 Å². The largest absolute Gasteiger partial charge is 0.449 e. The third kappa shape index (κ3) is 4.17. The van der Waals surface area contributed by atoms with Crippen molar-refractivity contribution in [3.8, 4) is 0 Å². The van der Waals surface area contributed by atoms with Crippen LogP contribution in [0.25, 0.3) is 22.0 Å². The van der Waals surface area contributed by atoms with Crippen LogP contribution < -0.4 is 5.32 Å². The highest BCUT2D eigenvalue weighted by Crippen LogP contribution is 2.30. The highest BCUT2D eigenvalue weighted by atomic mass is 19.4. The normalized spacial score (nSPS) is 12.8. The van der Waals surface area contributed by atoms with Gasteiger partial charge in [-0.3, -0.25) is 4.79 Å². The second kappa shape index (κ2) is 8.09. The molecule has 0 fully saturated rings. The number of imidazole rings is 1. The summed E-state index contributed by atoms with van der Waals surface area (Å²) in [5.41, 5.74) is 2.92. The van der Waals surface area contributed by atoms with Crippen molar-refractivity contribution in [1.82, 2.24) is 20.4 Å². The van der Waals surface area contributed by atoms with Gasteiger partial charge in [0.1, 0.15) is 5.69 Å². The molecule has 0 bridgehead atoms. The number of nitrogens with one attached hydrogen (secondary N) is 2. The van der Waals surface area contributed by atoms with Gasteiger partial charge in [-0.15, -0.1) is 0 Å². The number of halogens is 3. The first-order valence-corrected chi connectivity index (χ1v) is 10.1. The van der Waals surface area contributed by atoms with E-state index in [2.05, 4.69) is 20.4 Å². The smallest absolute Gasteiger partial charge is 0.356 e. The molecule has 0 unspecified atom stereocenters. The number of aromatic amines is 1. The lowest BCUT2D eigenvalue weighted by Gasteiger charge is -2.20. The van der Waals surface area contributed by atoms with Crippen LogP contribution in [0.1, 0.15) is 28.7 Å². The van der Waals surface area contributed by atoms with Crippen molar-refractivity contribution in [1.29, 1.82) is 0 Å². The molecule has 5 rings (SSSR count). The van der Waals surface area contributed by atoms with Crippen molar-refractivity contribution in [2.45, 2.75) is 18.6 Å². The van der Waals surface area contributed by atoms with E-state index in [0.717, 1.165) is 10.9 Å². The highest BCUT2D eigenvalue weighted by Gasteiger charge is 2.34. The Bertz CT molecular complexity index is 1440. The van der Waals surface area contributed by atoms with Gasteiger partial charge in [0.15, 0.2) is 5.58 Å². The van der Waals surface area contributed by atoms with Crippen LogP contribution in [-0.4, -0.2) is 21.0 Å². The third-order valence-electron chi connectivity index (χ3n) is 5.33. The Labute approximate surface area is 185 Å². The zero-order chi connectivity index (χ0) is 23.0. The lowest BCUT2D eigenvalue weighted by Crippen LogP contribution is -2.30. The molecule has 1 atom stereocenters. The van der Waals surface area contributed by atoms with Gasteiger partial charge in [-0.05, 0) is 35.4 Å². The van der Waals surface area contributed by atoms with Crippen LogP contribution in [0.2, 0.25) is 0 Å². The van der Waals surface area contributed by atoms with Crippen molar-refractivity contribution in [2.24, 2.45) is 0 Å². The third-order valence-corrected chi connectivity index (χ3v) is 5.33. The van der Waals surface area contributed by atoms with Gasteiger partial charge in [0, 0.05) is 5.39 Å². The second-order valence-corrected chi connectivity index (χ2v) is 7.57. The molecule has 0 aliphatic rings. The van der Waals surface area contributed by atoms with E-state index in [1.165, 1.54) is 6.07 Å². The van der Waals surface area contributed by atoms with Crippen LogP contribution in [0.15, 0.2) is 77.3 Å². The first-order chi connectivity index (χ1) is 15.9. The molecule has 0 saturated heterocycles. The topological polar surface area (TPSA) is 83.8 Å². The fraction of sp³-hybridized carbons (Fsp3) is 0.125.